The topological polar surface area (TPSA) is 75.7 Å². The van der Waals surface area contributed by atoms with E-state index in [9.17, 15) is 14.4 Å². The summed E-state index contributed by atoms with van der Waals surface area (Å²) in [5.74, 6) is 0.0633. The summed E-state index contributed by atoms with van der Waals surface area (Å²) >= 11 is 1.35. The lowest BCUT2D eigenvalue weighted by Gasteiger charge is -2.15. The van der Waals surface area contributed by atoms with Crippen LogP contribution in [-0.2, 0) is 9.59 Å². The second-order valence-corrected chi connectivity index (χ2v) is 8.93. The van der Waals surface area contributed by atoms with E-state index in [0.29, 0.717) is 29.3 Å². The number of nitrogens with one attached hydrogen (secondary N) is 1. The average molecular weight is 461 g/mol. The number of nitrogens with zero attached hydrogens (tertiary/aromatic N) is 1. The van der Waals surface area contributed by atoms with E-state index in [1.807, 2.05) is 38.1 Å². The maximum Gasteiger partial charge on any atom is 0.255 e. The van der Waals surface area contributed by atoms with E-state index < -0.39 is 5.25 Å². The van der Waals surface area contributed by atoms with Gasteiger partial charge in [-0.15, -0.1) is 11.8 Å². The molecule has 1 heterocycles. The van der Waals surface area contributed by atoms with Crippen LogP contribution in [0.2, 0.25) is 0 Å². The minimum atomic E-state index is -0.489. The summed E-state index contributed by atoms with van der Waals surface area (Å²) in [6.07, 6.45) is 0.141. The molecule has 0 aliphatic carbocycles. The molecular formula is C26H24N2O4S. The highest BCUT2D eigenvalue weighted by atomic mass is 32.2. The van der Waals surface area contributed by atoms with Gasteiger partial charge in [0.2, 0.25) is 11.8 Å². The quantitative estimate of drug-likeness (QED) is 0.498. The summed E-state index contributed by atoms with van der Waals surface area (Å²) in [5.41, 5.74) is 2.89. The van der Waals surface area contributed by atoms with Crippen LogP contribution in [0.15, 0.2) is 77.7 Å². The molecule has 168 valence electrons. The fourth-order valence-corrected chi connectivity index (χ4v) is 4.57. The van der Waals surface area contributed by atoms with Crippen molar-refractivity contribution in [3.8, 4) is 5.75 Å². The fraction of sp³-hybridized carbons (Fsp3) is 0.192. The van der Waals surface area contributed by atoms with Crippen molar-refractivity contribution < 1.29 is 19.1 Å². The standard InChI is InChI=1S/C26H24N2O4S/c1-3-32-21-12-10-20(11-13-21)28-24(29)16-23(26(28)31)33-22-14-8-19(9-15-22)27-25(30)18-6-4-17(2)5-7-18/h4-15,23H,3,16H2,1-2H3,(H,27,30). The maximum atomic E-state index is 12.9. The molecule has 3 aromatic carbocycles. The third-order valence-electron chi connectivity index (χ3n) is 5.22. The summed E-state index contributed by atoms with van der Waals surface area (Å²) < 4.78 is 5.42. The molecule has 4 rings (SSSR count). The number of hydrogen-bond acceptors (Lipinski definition) is 5. The van der Waals surface area contributed by atoms with Crippen molar-refractivity contribution in [1.29, 1.82) is 0 Å². The van der Waals surface area contributed by atoms with E-state index in [-0.39, 0.29) is 24.1 Å². The van der Waals surface area contributed by atoms with E-state index in [1.165, 1.54) is 16.7 Å². The molecule has 33 heavy (non-hydrogen) atoms. The van der Waals surface area contributed by atoms with Crippen LogP contribution >= 0.6 is 11.8 Å². The van der Waals surface area contributed by atoms with Gasteiger partial charge < -0.3 is 10.1 Å². The highest BCUT2D eigenvalue weighted by molar-refractivity contribution is 8.00. The zero-order valence-corrected chi connectivity index (χ0v) is 19.2. The fourth-order valence-electron chi connectivity index (χ4n) is 3.51. The Morgan fingerprint density at radius 2 is 1.67 bits per heavy atom. The summed E-state index contributed by atoms with van der Waals surface area (Å²) in [6.45, 7) is 4.42. The second-order valence-electron chi connectivity index (χ2n) is 7.65. The van der Waals surface area contributed by atoms with Crippen LogP contribution in [0.4, 0.5) is 11.4 Å². The molecule has 0 aromatic heterocycles. The summed E-state index contributed by atoms with van der Waals surface area (Å²) in [4.78, 5) is 39.9. The molecule has 0 bridgehead atoms. The van der Waals surface area contributed by atoms with Crippen molar-refractivity contribution >= 4 is 40.9 Å². The number of rotatable bonds is 7. The van der Waals surface area contributed by atoms with Crippen LogP contribution in [0, 0.1) is 6.92 Å². The van der Waals surface area contributed by atoms with Crippen LogP contribution in [-0.4, -0.2) is 29.6 Å². The smallest absolute Gasteiger partial charge is 0.255 e. The first kappa shape index (κ1) is 22.6. The van der Waals surface area contributed by atoms with Crippen molar-refractivity contribution in [2.45, 2.75) is 30.4 Å². The molecule has 0 saturated carbocycles. The number of carbonyl (C=O) groups excluding carboxylic acids is 3. The average Bonchev–Trinajstić information content (AvgIpc) is 3.09. The van der Waals surface area contributed by atoms with Gasteiger partial charge in [-0.2, -0.15) is 0 Å². The zero-order chi connectivity index (χ0) is 23.4. The van der Waals surface area contributed by atoms with Crippen molar-refractivity contribution in [1.82, 2.24) is 0 Å². The largest absolute Gasteiger partial charge is 0.494 e. The number of anilines is 2. The first-order chi connectivity index (χ1) is 15.9. The third-order valence-corrected chi connectivity index (χ3v) is 6.41. The van der Waals surface area contributed by atoms with Gasteiger partial charge in [0.15, 0.2) is 0 Å². The maximum absolute atomic E-state index is 12.9. The van der Waals surface area contributed by atoms with Gasteiger partial charge in [-0.3, -0.25) is 14.4 Å². The molecule has 3 aromatic rings. The molecule has 1 saturated heterocycles. The van der Waals surface area contributed by atoms with Gasteiger partial charge in [0.05, 0.1) is 17.5 Å². The van der Waals surface area contributed by atoms with Crippen LogP contribution < -0.4 is 15.0 Å². The minimum absolute atomic E-state index is 0.141. The predicted molar refractivity (Wildman–Crippen MR) is 130 cm³/mol. The molecule has 1 aliphatic heterocycles. The van der Waals surface area contributed by atoms with Gasteiger partial charge in [0.25, 0.3) is 5.91 Å². The van der Waals surface area contributed by atoms with Crippen molar-refractivity contribution in [3.63, 3.8) is 0 Å². The highest BCUT2D eigenvalue weighted by Gasteiger charge is 2.40. The molecule has 1 aliphatic rings. The van der Waals surface area contributed by atoms with Gasteiger partial charge in [0, 0.05) is 22.6 Å². The van der Waals surface area contributed by atoms with Gasteiger partial charge >= 0.3 is 0 Å². The van der Waals surface area contributed by atoms with Crippen molar-refractivity contribution in [2.75, 3.05) is 16.8 Å². The monoisotopic (exact) mass is 460 g/mol. The molecule has 1 N–H and O–H groups in total. The highest BCUT2D eigenvalue weighted by Crippen LogP contribution is 2.35. The van der Waals surface area contributed by atoms with Gasteiger partial charge in [-0.05, 0) is 74.5 Å². The zero-order valence-electron chi connectivity index (χ0n) is 18.4. The molecule has 7 heteroatoms. The Kier molecular flexibility index (Phi) is 6.79. The molecular weight excluding hydrogens is 436 g/mol. The third kappa shape index (κ3) is 5.26. The number of benzene rings is 3. The normalized spacial score (nSPS) is 15.6. The van der Waals surface area contributed by atoms with Crippen LogP contribution in [0.1, 0.15) is 29.3 Å². The predicted octanol–water partition coefficient (Wildman–Crippen LogP) is 5.07. The first-order valence-electron chi connectivity index (χ1n) is 10.7. The summed E-state index contributed by atoms with van der Waals surface area (Å²) in [6, 6.07) is 21.6. The Labute approximate surface area is 196 Å². The molecule has 1 fully saturated rings. The number of ether oxygens (including phenoxy) is 1. The Balaban J connectivity index is 1.38. The summed E-state index contributed by atoms with van der Waals surface area (Å²) in [5, 5.41) is 2.38. The molecule has 1 atom stereocenters. The van der Waals surface area contributed by atoms with E-state index in [0.717, 1.165) is 10.5 Å². The SMILES string of the molecule is CCOc1ccc(N2C(=O)CC(Sc3ccc(NC(=O)c4ccc(C)cc4)cc3)C2=O)cc1. The molecule has 0 radical (unpaired) electrons. The molecule has 3 amide bonds. The second kappa shape index (κ2) is 9.92. The van der Waals surface area contributed by atoms with Crippen LogP contribution in [0.5, 0.6) is 5.75 Å². The number of carbonyl (C=O) groups is 3. The number of amides is 3. The van der Waals surface area contributed by atoms with Gasteiger partial charge in [0.1, 0.15) is 5.75 Å². The Morgan fingerprint density at radius 3 is 2.30 bits per heavy atom. The number of imide groups is 1. The molecule has 0 spiro atoms. The molecule has 6 nitrogen and oxygen atoms in total. The van der Waals surface area contributed by atoms with Gasteiger partial charge in [-0.25, -0.2) is 4.90 Å². The number of hydrogen-bond donors (Lipinski definition) is 1. The Bertz CT molecular complexity index is 1160. The van der Waals surface area contributed by atoms with E-state index >= 15 is 0 Å². The Morgan fingerprint density at radius 1 is 1.00 bits per heavy atom. The minimum Gasteiger partial charge on any atom is -0.494 e. The first-order valence-corrected chi connectivity index (χ1v) is 11.6. The van der Waals surface area contributed by atoms with E-state index in [2.05, 4.69) is 5.32 Å². The van der Waals surface area contributed by atoms with E-state index in [1.54, 1.807) is 48.5 Å². The lowest BCUT2D eigenvalue weighted by Crippen LogP contribution is -2.31. The van der Waals surface area contributed by atoms with Crippen molar-refractivity contribution in [3.05, 3.63) is 83.9 Å². The Hall–Kier alpha value is -3.58. The van der Waals surface area contributed by atoms with Crippen molar-refractivity contribution in [2.24, 2.45) is 0 Å². The number of thioether (sulfide) groups is 1. The van der Waals surface area contributed by atoms with Crippen LogP contribution in [0.25, 0.3) is 0 Å². The van der Waals surface area contributed by atoms with E-state index in [4.69, 9.17) is 4.74 Å². The van der Waals surface area contributed by atoms with Gasteiger partial charge in [-0.1, -0.05) is 17.7 Å². The van der Waals surface area contributed by atoms with Crippen LogP contribution in [0.3, 0.4) is 0 Å². The number of aryl methyl sites for hydroxylation is 1. The lowest BCUT2D eigenvalue weighted by molar-refractivity contribution is -0.121. The molecule has 1 unspecified atom stereocenters. The lowest BCUT2D eigenvalue weighted by atomic mass is 10.1. The summed E-state index contributed by atoms with van der Waals surface area (Å²) in [7, 11) is 0.